The van der Waals surface area contributed by atoms with E-state index in [1.807, 2.05) is 30.3 Å². The molecule has 0 radical (unpaired) electrons. The molecule has 5 heteroatoms. The van der Waals surface area contributed by atoms with E-state index in [2.05, 4.69) is 0 Å². The lowest BCUT2D eigenvalue weighted by atomic mass is 9.89. The fraction of sp³-hybridized carbons (Fsp3) is 0.409. The first-order valence-electron chi connectivity index (χ1n) is 9.27. The first-order chi connectivity index (χ1) is 13.1. The van der Waals surface area contributed by atoms with Gasteiger partial charge < -0.3 is 14.6 Å². The minimum atomic E-state index is -0.288. The summed E-state index contributed by atoms with van der Waals surface area (Å²) in [5, 5.41) is 9.67. The number of carbonyl (C=O) groups excluding carboxylic acids is 1. The van der Waals surface area contributed by atoms with Gasteiger partial charge in [0.2, 0.25) is 0 Å². The Morgan fingerprint density at radius 3 is 2.63 bits per heavy atom. The van der Waals surface area contributed by atoms with Gasteiger partial charge in [0.05, 0.1) is 7.11 Å². The highest BCUT2D eigenvalue weighted by Gasteiger charge is 2.36. The third kappa shape index (κ3) is 5.07. The molecule has 0 heterocycles. The molecule has 1 saturated carbocycles. The van der Waals surface area contributed by atoms with Crippen LogP contribution in [0.4, 0.5) is 4.39 Å². The van der Waals surface area contributed by atoms with Gasteiger partial charge >= 0.3 is 5.97 Å². The number of hydrogen-bond donors (Lipinski definition) is 1. The second kappa shape index (κ2) is 9.00. The molecule has 0 aromatic heterocycles. The molecule has 0 saturated heterocycles. The molecule has 2 aromatic rings. The fourth-order valence-corrected chi connectivity index (χ4v) is 3.80. The van der Waals surface area contributed by atoms with Crippen molar-refractivity contribution in [3.63, 3.8) is 0 Å². The highest BCUT2D eigenvalue weighted by atomic mass is 19.1. The average Bonchev–Trinajstić information content (AvgIpc) is 3.09. The lowest BCUT2D eigenvalue weighted by Gasteiger charge is -2.17. The van der Waals surface area contributed by atoms with E-state index in [0.717, 1.165) is 16.9 Å². The van der Waals surface area contributed by atoms with E-state index in [1.54, 1.807) is 13.2 Å². The van der Waals surface area contributed by atoms with Crippen LogP contribution in [0.25, 0.3) is 0 Å². The molecule has 0 unspecified atom stereocenters. The molecule has 2 aromatic carbocycles. The molecule has 4 nitrogen and oxygen atoms in total. The van der Waals surface area contributed by atoms with Crippen molar-refractivity contribution in [2.75, 3.05) is 13.7 Å². The van der Waals surface area contributed by atoms with Gasteiger partial charge in [-0.1, -0.05) is 24.3 Å². The maximum absolute atomic E-state index is 13.5. The van der Waals surface area contributed by atoms with Crippen molar-refractivity contribution in [1.29, 1.82) is 0 Å². The molecular formula is C22H25FO4. The zero-order valence-electron chi connectivity index (χ0n) is 15.4. The number of methoxy groups -OCH3 is 1. The molecule has 3 atom stereocenters. The predicted molar refractivity (Wildman–Crippen MR) is 100 cm³/mol. The molecule has 0 aliphatic heterocycles. The number of aliphatic hydroxyl groups excluding tert-OH is 1. The lowest BCUT2D eigenvalue weighted by molar-refractivity contribution is -0.148. The van der Waals surface area contributed by atoms with E-state index in [4.69, 9.17) is 9.47 Å². The first-order valence-corrected chi connectivity index (χ1v) is 9.27. The van der Waals surface area contributed by atoms with Crippen molar-refractivity contribution < 1.29 is 23.8 Å². The molecular weight excluding hydrogens is 347 g/mol. The maximum atomic E-state index is 13.5. The first kappa shape index (κ1) is 19.4. The molecule has 27 heavy (non-hydrogen) atoms. The quantitative estimate of drug-likeness (QED) is 0.750. The van der Waals surface area contributed by atoms with Crippen molar-refractivity contribution in [2.24, 2.45) is 5.92 Å². The van der Waals surface area contributed by atoms with Crippen molar-refractivity contribution in [2.45, 2.75) is 37.7 Å². The molecule has 1 N–H and O–H groups in total. The summed E-state index contributed by atoms with van der Waals surface area (Å²) in [6, 6.07) is 14.1. The smallest absolute Gasteiger partial charge is 0.306 e. The average molecular weight is 372 g/mol. The number of hydrogen-bond acceptors (Lipinski definition) is 4. The van der Waals surface area contributed by atoms with Crippen LogP contribution in [0.15, 0.2) is 48.5 Å². The Bertz CT molecular complexity index is 759. The molecule has 3 rings (SSSR count). The van der Waals surface area contributed by atoms with Crippen molar-refractivity contribution in [3.8, 4) is 5.75 Å². The van der Waals surface area contributed by atoms with Crippen molar-refractivity contribution >= 4 is 5.97 Å². The third-order valence-corrected chi connectivity index (χ3v) is 5.24. The van der Waals surface area contributed by atoms with Gasteiger partial charge in [0, 0.05) is 13.0 Å². The van der Waals surface area contributed by atoms with Crippen LogP contribution in [0.3, 0.4) is 0 Å². The maximum Gasteiger partial charge on any atom is 0.306 e. The zero-order valence-corrected chi connectivity index (χ0v) is 15.4. The number of aryl methyl sites for hydroxylation is 1. The van der Waals surface area contributed by atoms with Gasteiger partial charge in [-0.15, -0.1) is 0 Å². The van der Waals surface area contributed by atoms with Gasteiger partial charge in [0.25, 0.3) is 0 Å². The summed E-state index contributed by atoms with van der Waals surface area (Å²) in [6.07, 6.45) is 1.89. The van der Waals surface area contributed by atoms with Crippen LogP contribution >= 0.6 is 0 Å². The van der Waals surface area contributed by atoms with Crippen LogP contribution in [-0.4, -0.2) is 30.9 Å². The van der Waals surface area contributed by atoms with E-state index >= 15 is 0 Å². The number of aliphatic hydroxyl groups is 1. The molecule has 1 fully saturated rings. The Hall–Kier alpha value is -2.40. The van der Waals surface area contributed by atoms with E-state index in [9.17, 15) is 14.3 Å². The summed E-state index contributed by atoms with van der Waals surface area (Å²) in [4.78, 5) is 12.2. The molecule has 0 amide bonds. The summed E-state index contributed by atoms with van der Waals surface area (Å²) in [6.45, 7) is 0.00107. The van der Waals surface area contributed by atoms with Gasteiger partial charge in [-0.25, -0.2) is 4.39 Å². The summed E-state index contributed by atoms with van der Waals surface area (Å²) in [7, 11) is 1.62. The predicted octanol–water partition coefficient (Wildman–Crippen LogP) is 3.86. The minimum absolute atomic E-state index is 0.00107. The van der Waals surface area contributed by atoms with Gasteiger partial charge in [-0.3, -0.25) is 4.79 Å². The minimum Gasteiger partial charge on any atom is -0.497 e. The number of rotatable bonds is 7. The van der Waals surface area contributed by atoms with Crippen LogP contribution < -0.4 is 4.74 Å². The number of carbonyl (C=O) groups is 1. The fourth-order valence-electron chi connectivity index (χ4n) is 3.80. The number of halogens is 1. The van der Waals surface area contributed by atoms with E-state index in [0.29, 0.717) is 25.7 Å². The van der Waals surface area contributed by atoms with E-state index < -0.39 is 0 Å². The number of ether oxygens (including phenoxy) is 2. The molecule has 1 aliphatic rings. The molecule has 0 spiro atoms. The molecule has 1 aliphatic carbocycles. The second-order valence-corrected chi connectivity index (χ2v) is 7.04. The normalized spacial score (nSPS) is 21.8. The highest BCUT2D eigenvalue weighted by molar-refractivity contribution is 5.70. The van der Waals surface area contributed by atoms with E-state index in [-0.39, 0.29) is 36.3 Å². The Balaban J connectivity index is 1.53. The van der Waals surface area contributed by atoms with Gasteiger partial charge in [-0.2, -0.15) is 0 Å². The Kier molecular flexibility index (Phi) is 6.45. The molecule has 0 bridgehead atoms. The van der Waals surface area contributed by atoms with Gasteiger partial charge in [0.15, 0.2) is 0 Å². The van der Waals surface area contributed by atoms with E-state index in [1.165, 1.54) is 12.1 Å². The Morgan fingerprint density at radius 1 is 1.19 bits per heavy atom. The van der Waals surface area contributed by atoms with Crippen molar-refractivity contribution in [1.82, 2.24) is 0 Å². The summed E-state index contributed by atoms with van der Waals surface area (Å²) in [5.41, 5.74) is 1.90. The van der Waals surface area contributed by atoms with Crippen LogP contribution in [0.1, 0.15) is 36.3 Å². The van der Waals surface area contributed by atoms with Crippen LogP contribution in [-0.2, 0) is 16.0 Å². The lowest BCUT2D eigenvalue weighted by Crippen LogP contribution is -2.16. The van der Waals surface area contributed by atoms with Crippen LogP contribution in [0.5, 0.6) is 5.75 Å². The Morgan fingerprint density at radius 2 is 1.96 bits per heavy atom. The Labute approximate surface area is 158 Å². The zero-order chi connectivity index (χ0) is 19.2. The highest BCUT2D eigenvalue weighted by Crippen LogP contribution is 2.41. The van der Waals surface area contributed by atoms with Crippen LogP contribution in [0.2, 0.25) is 0 Å². The second-order valence-electron chi connectivity index (χ2n) is 7.04. The van der Waals surface area contributed by atoms with Gasteiger partial charge in [0.1, 0.15) is 17.7 Å². The SMILES string of the molecule is COc1ccc(CCC(=O)O[C@H]2C[C@H](CO)[C@@H](c3cccc(F)c3)C2)cc1. The largest absolute Gasteiger partial charge is 0.497 e. The molecule has 144 valence electrons. The summed E-state index contributed by atoms with van der Waals surface area (Å²) < 4.78 is 24.3. The van der Waals surface area contributed by atoms with Crippen LogP contribution in [0, 0.1) is 11.7 Å². The summed E-state index contributed by atoms with van der Waals surface area (Å²) >= 11 is 0. The third-order valence-electron chi connectivity index (χ3n) is 5.24. The summed E-state index contributed by atoms with van der Waals surface area (Å²) in [5.74, 6) is 0.235. The topological polar surface area (TPSA) is 55.8 Å². The van der Waals surface area contributed by atoms with Crippen molar-refractivity contribution in [3.05, 3.63) is 65.5 Å². The standard InChI is InChI=1S/C22H25FO4/c1-26-19-8-5-15(6-9-19)7-10-22(25)27-20-12-17(14-24)21(13-20)16-3-2-4-18(23)11-16/h2-6,8-9,11,17,20-21,24H,7,10,12-14H2,1H3/t17-,20+,21-/m1/s1. The monoisotopic (exact) mass is 372 g/mol. The number of esters is 1. The van der Waals surface area contributed by atoms with Gasteiger partial charge in [-0.05, 0) is 66.5 Å². The number of benzene rings is 2.